The number of hydrogen-bond acceptors (Lipinski definition) is 2. The molecular formula is C9H7Cl3O2. The molecule has 0 heterocycles. The second-order valence-corrected chi connectivity index (χ2v) is 3.78. The van der Waals surface area contributed by atoms with Crippen molar-refractivity contribution in [2.75, 3.05) is 7.11 Å². The lowest BCUT2D eigenvalue weighted by atomic mass is 10.1. The molecule has 0 saturated carbocycles. The predicted molar refractivity (Wildman–Crippen MR) is 57.5 cm³/mol. The molecule has 5 heteroatoms. The summed E-state index contributed by atoms with van der Waals surface area (Å²) in [5.74, 6) is 0.529. The van der Waals surface area contributed by atoms with Gasteiger partial charge in [-0.3, -0.25) is 4.79 Å². The molecule has 0 spiro atoms. The molecule has 0 aromatic heterocycles. The number of ether oxygens (including phenoxy) is 1. The maximum Gasteiger partial charge on any atom is 0.244 e. The molecule has 0 fully saturated rings. The summed E-state index contributed by atoms with van der Waals surface area (Å²) in [6.07, 6.45) is 0. The van der Waals surface area contributed by atoms with Crippen molar-refractivity contribution in [3.63, 3.8) is 0 Å². The van der Waals surface area contributed by atoms with Crippen LogP contribution in [0.25, 0.3) is 0 Å². The Kier molecular flexibility index (Phi) is 4.05. The summed E-state index contributed by atoms with van der Waals surface area (Å²) >= 11 is 16.8. The van der Waals surface area contributed by atoms with Crippen LogP contribution in [0.15, 0.2) is 18.2 Å². The summed E-state index contributed by atoms with van der Waals surface area (Å²) in [4.78, 5) is 10.8. The van der Waals surface area contributed by atoms with Crippen LogP contribution in [0.4, 0.5) is 0 Å². The average Bonchev–Trinajstić information content (AvgIpc) is 2.16. The quantitative estimate of drug-likeness (QED) is 0.610. The Balaban J connectivity index is 3.02. The van der Waals surface area contributed by atoms with Crippen LogP contribution in [-0.2, 0) is 4.79 Å². The lowest BCUT2D eigenvalue weighted by Crippen LogP contribution is -1.99. The minimum absolute atomic E-state index is 0.397. The second-order valence-electron chi connectivity index (χ2n) is 2.56. The van der Waals surface area contributed by atoms with Crippen molar-refractivity contribution in [3.05, 3.63) is 28.8 Å². The highest BCUT2D eigenvalue weighted by Gasteiger charge is 2.16. The van der Waals surface area contributed by atoms with E-state index in [2.05, 4.69) is 0 Å². The fraction of sp³-hybridized carbons (Fsp3) is 0.222. The molecule has 0 N–H and O–H groups in total. The first kappa shape index (κ1) is 11.6. The summed E-state index contributed by atoms with van der Waals surface area (Å²) in [7, 11) is 1.51. The molecular weight excluding hydrogens is 246 g/mol. The summed E-state index contributed by atoms with van der Waals surface area (Å²) in [6, 6.07) is 4.83. The van der Waals surface area contributed by atoms with E-state index in [-0.39, 0.29) is 0 Å². The molecule has 1 aromatic rings. The van der Waals surface area contributed by atoms with Crippen LogP contribution < -0.4 is 4.74 Å². The standard InChI is InChI=1S/C9H7Cl3O2/c1-14-7-3-2-5(4-6(7)10)8(11)9(12)13/h2-4,8H,1H3. The highest BCUT2D eigenvalue weighted by Crippen LogP contribution is 2.30. The fourth-order valence-corrected chi connectivity index (χ4v) is 1.50. The van der Waals surface area contributed by atoms with E-state index in [9.17, 15) is 4.79 Å². The number of alkyl halides is 1. The van der Waals surface area contributed by atoms with Crippen molar-refractivity contribution in [2.45, 2.75) is 5.38 Å². The first-order valence-electron chi connectivity index (χ1n) is 3.73. The molecule has 76 valence electrons. The van der Waals surface area contributed by atoms with Crippen LogP contribution in [0, 0.1) is 0 Å². The molecule has 2 nitrogen and oxygen atoms in total. The molecule has 1 unspecified atom stereocenters. The zero-order chi connectivity index (χ0) is 10.7. The number of carbonyl (C=O) groups is 1. The zero-order valence-electron chi connectivity index (χ0n) is 7.26. The molecule has 0 radical (unpaired) electrons. The van der Waals surface area contributed by atoms with E-state index in [0.717, 1.165) is 0 Å². The number of carbonyl (C=O) groups excluding carboxylic acids is 1. The van der Waals surface area contributed by atoms with Gasteiger partial charge in [-0.15, -0.1) is 11.6 Å². The Morgan fingerprint density at radius 1 is 1.50 bits per heavy atom. The van der Waals surface area contributed by atoms with Crippen LogP contribution in [-0.4, -0.2) is 12.4 Å². The van der Waals surface area contributed by atoms with Gasteiger partial charge in [-0.2, -0.15) is 0 Å². The van der Waals surface area contributed by atoms with Gasteiger partial charge < -0.3 is 4.74 Å². The van der Waals surface area contributed by atoms with Gasteiger partial charge >= 0.3 is 0 Å². The topological polar surface area (TPSA) is 26.3 Å². The van der Waals surface area contributed by atoms with Crippen molar-refractivity contribution < 1.29 is 9.53 Å². The van der Waals surface area contributed by atoms with Crippen LogP contribution in [0.5, 0.6) is 5.75 Å². The fourth-order valence-electron chi connectivity index (χ4n) is 0.971. The molecule has 1 aromatic carbocycles. The molecule has 0 amide bonds. The monoisotopic (exact) mass is 252 g/mol. The van der Waals surface area contributed by atoms with Gasteiger partial charge in [-0.1, -0.05) is 17.7 Å². The number of hydrogen-bond donors (Lipinski definition) is 0. The highest BCUT2D eigenvalue weighted by atomic mass is 35.5. The van der Waals surface area contributed by atoms with E-state index in [1.165, 1.54) is 7.11 Å². The molecule has 0 saturated heterocycles. The summed E-state index contributed by atoms with van der Waals surface area (Å²) in [6.45, 7) is 0. The van der Waals surface area contributed by atoms with Gasteiger partial charge in [-0.25, -0.2) is 0 Å². The van der Waals surface area contributed by atoms with Gasteiger partial charge in [0.1, 0.15) is 11.1 Å². The average molecular weight is 254 g/mol. The van der Waals surface area contributed by atoms with Crippen LogP contribution in [0.1, 0.15) is 10.9 Å². The normalized spacial score (nSPS) is 12.3. The third-order valence-corrected chi connectivity index (χ3v) is 2.74. The molecule has 0 aliphatic heterocycles. The van der Waals surface area contributed by atoms with E-state index in [1.54, 1.807) is 18.2 Å². The third kappa shape index (κ3) is 2.53. The number of rotatable bonds is 3. The molecule has 1 rings (SSSR count). The number of benzene rings is 1. The van der Waals surface area contributed by atoms with Crippen molar-refractivity contribution in [1.29, 1.82) is 0 Å². The zero-order valence-corrected chi connectivity index (χ0v) is 9.53. The third-order valence-electron chi connectivity index (χ3n) is 1.67. The lowest BCUT2D eigenvalue weighted by Gasteiger charge is -2.07. The lowest BCUT2D eigenvalue weighted by molar-refractivity contribution is -0.111. The highest BCUT2D eigenvalue weighted by molar-refractivity contribution is 6.68. The summed E-state index contributed by atoms with van der Waals surface area (Å²) in [5.41, 5.74) is 0.553. The maximum absolute atomic E-state index is 10.8. The molecule has 0 aliphatic carbocycles. The van der Waals surface area contributed by atoms with Gasteiger partial charge in [-0.05, 0) is 29.3 Å². The summed E-state index contributed by atoms with van der Waals surface area (Å²) < 4.78 is 4.95. The van der Waals surface area contributed by atoms with Crippen molar-refractivity contribution in [2.24, 2.45) is 0 Å². The Morgan fingerprint density at radius 2 is 2.14 bits per heavy atom. The van der Waals surface area contributed by atoms with E-state index < -0.39 is 10.6 Å². The van der Waals surface area contributed by atoms with Gasteiger partial charge in [0, 0.05) is 0 Å². The van der Waals surface area contributed by atoms with Gasteiger partial charge in [0.2, 0.25) is 5.24 Å². The Morgan fingerprint density at radius 3 is 2.57 bits per heavy atom. The molecule has 0 bridgehead atoms. The minimum Gasteiger partial charge on any atom is -0.495 e. The van der Waals surface area contributed by atoms with Gasteiger partial charge in [0.15, 0.2) is 0 Å². The Hall–Kier alpha value is -0.440. The molecule has 14 heavy (non-hydrogen) atoms. The van der Waals surface area contributed by atoms with E-state index in [4.69, 9.17) is 39.5 Å². The van der Waals surface area contributed by atoms with Crippen molar-refractivity contribution in [3.8, 4) is 5.75 Å². The summed E-state index contributed by atoms with van der Waals surface area (Å²) in [5, 5.41) is -1.11. The maximum atomic E-state index is 10.8. The SMILES string of the molecule is COc1ccc(C(Cl)C(=O)Cl)cc1Cl. The van der Waals surface area contributed by atoms with E-state index >= 15 is 0 Å². The largest absolute Gasteiger partial charge is 0.495 e. The minimum atomic E-state index is -0.875. The van der Waals surface area contributed by atoms with Crippen molar-refractivity contribution in [1.82, 2.24) is 0 Å². The Bertz CT molecular complexity index is 352. The second kappa shape index (κ2) is 4.87. The molecule has 0 aliphatic rings. The molecule has 1 atom stereocenters. The van der Waals surface area contributed by atoms with Crippen LogP contribution >= 0.6 is 34.8 Å². The van der Waals surface area contributed by atoms with Crippen molar-refractivity contribution >= 4 is 40.0 Å². The van der Waals surface area contributed by atoms with Gasteiger partial charge in [0.05, 0.1) is 12.1 Å². The van der Waals surface area contributed by atoms with Crippen LogP contribution in [0.2, 0.25) is 5.02 Å². The van der Waals surface area contributed by atoms with E-state index in [0.29, 0.717) is 16.3 Å². The first-order chi connectivity index (χ1) is 6.56. The Labute approximate surface area is 96.7 Å². The first-order valence-corrected chi connectivity index (χ1v) is 4.92. The van der Waals surface area contributed by atoms with E-state index in [1.807, 2.05) is 0 Å². The van der Waals surface area contributed by atoms with Gasteiger partial charge in [0.25, 0.3) is 0 Å². The van der Waals surface area contributed by atoms with Crippen LogP contribution in [0.3, 0.4) is 0 Å². The number of methoxy groups -OCH3 is 1. The number of halogens is 3. The smallest absolute Gasteiger partial charge is 0.244 e. The predicted octanol–water partition coefficient (Wildman–Crippen LogP) is 3.39.